The van der Waals surface area contributed by atoms with E-state index in [0.717, 1.165) is 12.0 Å². The normalized spacial score (nSPS) is 19.4. The zero-order valence-corrected chi connectivity index (χ0v) is 18.5. The van der Waals surface area contributed by atoms with Crippen molar-refractivity contribution in [1.29, 1.82) is 0 Å². The Hall–Kier alpha value is -2.52. The second kappa shape index (κ2) is 8.92. The number of carbonyl (C=O) groups excluding carboxylic acids is 1. The SMILES string of the molecule is CCS(=O)(=O)N1CCc2nc(C3CCN(C(=O)CCc4ccccc4)C3)[nH]c(=O)c2C1. The minimum absolute atomic E-state index is 0.00363. The number of rotatable bonds is 6. The van der Waals surface area contributed by atoms with Crippen molar-refractivity contribution in [2.75, 3.05) is 25.4 Å². The second-order valence-corrected chi connectivity index (χ2v) is 10.4. The standard InChI is InChI=1S/C22H28N4O4S/c1-2-31(29,30)26-13-11-19-18(15-26)22(28)24-21(23-19)17-10-12-25(14-17)20(27)9-8-16-6-4-3-5-7-16/h3-7,17H,2,8-15H2,1H3,(H,23,24,28). The number of H-pyrrole nitrogens is 1. The van der Waals surface area contributed by atoms with Crippen molar-refractivity contribution in [3.8, 4) is 0 Å². The highest BCUT2D eigenvalue weighted by Gasteiger charge is 2.32. The van der Waals surface area contributed by atoms with Crippen molar-refractivity contribution in [2.45, 2.75) is 45.1 Å². The van der Waals surface area contributed by atoms with Crippen LogP contribution in [0.25, 0.3) is 0 Å². The van der Waals surface area contributed by atoms with Crippen LogP contribution in [0.4, 0.5) is 0 Å². The molecule has 0 radical (unpaired) electrons. The van der Waals surface area contributed by atoms with Crippen LogP contribution in [0, 0.1) is 0 Å². The highest BCUT2D eigenvalue weighted by atomic mass is 32.2. The quantitative estimate of drug-likeness (QED) is 0.726. The van der Waals surface area contributed by atoms with Gasteiger partial charge in [0.1, 0.15) is 5.82 Å². The number of amides is 1. The monoisotopic (exact) mass is 444 g/mol. The van der Waals surface area contributed by atoms with Gasteiger partial charge in [-0.05, 0) is 25.3 Å². The molecule has 2 aliphatic heterocycles. The molecule has 8 nitrogen and oxygen atoms in total. The van der Waals surface area contributed by atoms with Gasteiger partial charge in [-0.25, -0.2) is 13.4 Å². The van der Waals surface area contributed by atoms with Gasteiger partial charge in [0.15, 0.2) is 0 Å². The van der Waals surface area contributed by atoms with Gasteiger partial charge in [0.05, 0.1) is 17.0 Å². The van der Waals surface area contributed by atoms with Crippen molar-refractivity contribution in [2.24, 2.45) is 0 Å². The van der Waals surface area contributed by atoms with Gasteiger partial charge in [-0.1, -0.05) is 30.3 Å². The highest BCUT2D eigenvalue weighted by Crippen LogP contribution is 2.26. The van der Waals surface area contributed by atoms with Crippen LogP contribution in [0.1, 0.15) is 48.3 Å². The Morgan fingerprint density at radius 1 is 1.23 bits per heavy atom. The number of hydrogen-bond donors (Lipinski definition) is 1. The number of hydrogen-bond acceptors (Lipinski definition) is 5. The molecule has 1 N–H and O–H groups in total. The number of carbonyl (C=O) groups is 1. The zero-order chi connectivity index (χ0) is 22.0. The summed E-state index contributed by atoms with van der Waals surface area (Å²) in [4.78, 5) is 34.7. The molecule has 1 unspecified atom stereocenters. The maximum atomic E-state index is 12.7. The van der Waals surface area contributed by atoms with Gasteiger partial charge in [0.2, 0.25) is 15.9 Å². The first-order chi connectivity index (χ1) is 14.9. The lowest BCUT2D eigenvalue weighted by atomic mass is 10.1. The summed E-state index contributed by atoms with van der Waals surface area (Å²) >= 11 is 0. The Morgan fingerprint density at radius 3 is 2.74 bits per heavy atom. The van der Waals surface area contributed by atoms with E-state index in [1.54, 1.807) is 6.92 Å². The van der Waals surface area contributed by atoms with Gasteiger partial charge >= 0.3 is 0 Å². The predicted octanol–water partition coefficient (Wildman–Crippen LogP) is 1.43. The van der Waals surface area contributed by atoms with E-state index >= 15 is 0 Å². The van der Waals surface area contributed by atoms with E-state index in [1.807, 2.05) is 35.2 Å². The number of sulfonamides is 1. The van der Waals surface area contributed by atoms with Gasteiger partial charge < -0.3 is 9.88 Å². The number of aromatic amines is 1. The van der Waals surface area contributed by atoms with E-state index in [9.17, 15) is 18.0 Å². The first kappa shape index (κ1) is 21.7. The molecule has 2 aliphatic rings. The summed E-state index contributed by atoms with van der Waals surface area (Å²) in [5.41, 5.74) is 1.98. The van der Waals surface area contributed by atoms with Crippen LogP contribution >= 0.6 is 0 Å². The van der Waals surface area contributed by atoms with E-state index in [4.69, 9.17) is 0 Å². The van der Waals surface area contributed by atoms with Crippen LogP contribution in [0.3, 0.4) is 0 Å². The number of likely N-dealkylation sites (tertiary alicyclic amines) is 1. The number of nitrogens with one attached hydrogen (secondary N) is 1. The summed E-state index contributed by atoms with van der Waals surface area (Å²) in [6.07, 6.45) is 2.37. The van der Waals surface area contributed by atoms with Crippen LogP contribution in [0.15, 0.2) is 35.1 Å². The molecule has 2 aromatic rings. The minimum atomic E-state index is -3.34. The lowest BCUT2D eigenvalue weighted by Crippen LogP contribution is -2.40. The molecule has 1 fully saturated rings. The summed E-state index contributed by atoms with van der Waals surface area (Å²) in [6, 6.07) is 9.95. The smallest absolute Gasteiger partial charge is 0.255 e. The highest BCUT2D eigenvalue weighted by molar-refractivity contribution is 7.89. The number of nitrogens with zero attached hydrogens (tertiary/aromatic N) is 3. The first-order valence-corrected chi connectivity index (χ1v) is 12.4. The summed E-state index contributed by atoms with van der Waals surface area (Å²) in [6.45, 7) is 3.22. The van der Waals surface area contributed by atoms with Crippen molar-refractivity contribution in [3.63, 3.8) is 0 Å². The van der Waals surface area contributed by atoms with Gasteiger partial charge in [-0.3, -0.25) is 9.59 Å². The Labute approximate surface area is 182 Å². The van der Waals surface area contributed by atoms with Crippen molar-refractivity contribution >= 4 is 15.9 Å². The molecule has 0 spiro atoms. The summed E-state index contributed by atoms with van der Waals surface area (Å²) in [5, 5.41) is 0. The molecule has 0 aliphatic carbocycles. The van der Waals surface area contributed by atoms with E-state index in [0.29, 0.717) is 56.0 Å². The molecule has 1 saturated heterocycles. The molecule has 1 aromatic carbocycles. The summed E-state index contributed by atoms with van der Waals surface area (Å²) < 4.78 is 25.7. The molecule has 3 heterocycles. The number of aromatic nitrogens is 2. The largest absolute Gasteiger partial charge is 0.342 e. The topological polar surface area (TPSA) is 103 Å². The molecule has 4 rings (SSSR count). The van der Waals surface area contributed by atoms with Gasteiger partial charge in [0.25, 0.3) is 5.56 Å². The lowest BCUT2D eigenvalue weighted by molar-refractivity contribution is -0.130. The Balaban J connectivity index is 1.41. The van der Waals surface area contributed by atoms with E-state index in [2.05, 4.69) is 9.97 Å². The summed E-state index contributed by atoms with van der Waals surface area (Å²) in [7, 11) is -3.34. The van der Waals surface area contributed by atoms with Gasteiger partial charge in [-0.15, -0.1) is 0 Å². The van der Waals surface area contributed by atoms with Crippen molar-refractivity contribution in [1.82, 2.24) is 19.2 Å². The van der Waals surface area contributed by atoms with Crippen molar-refractivity contribution < 1.29 is 13.2 Å². The Kier molecular flexibility index (Phi) is 6.24. The van der Waals surface area contributed by atoms with Crippen LogP contribution in [-0.4, -0.2) is 58.9 Å². The number of fused-ring (bicyclic) bond motifs is 1. The third-order valence-electron chi connectivity index (χ3n) is 6.21. The second-order valence-electron chi connectivity index (χ2n) is 8.17. The molecular weight excluding hydrogens is 416 g/mol. The van der Waals surface area contributed by atoms with E-state index in [1.165, 1.54) is 4.31 Å². The number of aryl methyl sites for hydroxylation is 1. The van der Waals surface area contributed by atoms with E-state index < -0.39 is 10.0 Å². The molecule has 1 atom stereocenters. The first-order valence-electron chi connectivity index (χ1n) is 10.8. The fourth-order valence-electron chi connectivity index (χ4n) is 4.30. The van der Waals surface area contributed by atoms with Crippen LogP contribution < -0.4 is 5.56 Å². The average molecular weight is 445 g/mol. The molecule has 1 aromatic heterocycles. The van der Waals surface area contributed by atoms with Crippen LogP contribution in [0.5, 0.6) is 0 Å². The molecule has 166 valence electrons. The molecular formula is C22H28N4O4S. The molecule has 0 bridgehead atoms. The van der Waals surface area contributed by atoms with Gasteiger partial charge in [-0.2, -0.15) is 4.31 Å². The molecule has 9 heteroatoms. The molecule has 1 amide bonds. The van der Waals surface area contributed by atoms with Crippen LogP contribution in [0.2, 0.25) is 0 Å². The molecule has 0 saturated carbocycles. The fourth-order valence-corrected chi connectivity index (χ4v) is 5.36. The summed E-state index contributed by atoms with van der Waals surface area (Å²) in [5.74, 6) is 0.735. The fraction of sp³-hybridized carbons (Fsp3) is 0.500. The Morgan fingerprint density at radius 2 is 2.00 bits per heavy atom. The number of benzene rings is 1. The zero-order valence-electron chi connectivity index (χ0n) is 17.7. The third kappa shape index (κ3) is 4.72. The average Bonchev–Trinajstić information content (AvgIpc) is 3.28. The van der Waals surface area contributed by atoms with E-state index in [-0.39, 0.29) is 29.7 Å². The van der Waals surface area contributed by atoms with Crippen LogP contribution in [-0.2, 0) is 34.2 Å². The molecule has 31 heavy (non-hydrogen) atoms. The van der Waals surface area contributed by atoms with Gasteiger partial charge in [0, 0.05) is 44.9 Å². The lowest BCUT2D eigenvalue weighted by Gasteiger charge is -2.27. The maximum Gasteiger partial charge on any atom is 0.255 e. The maximum absolute atomic E-state index is 12.7. The minimum Gasteiger partial charge on any atom is -0.342 e. The predicted molar refractivity (Wildman–Crippen MR) is 117 cm³/mol. The van der Waals surface area contributed by atoms with Crippen molar-refractivity contribution in [3.05, 3.63) is 63.3 Å². The third-order valence-corrected chi connectivity index (χ3v) is 8.04. The Bertz CT molecular complexity index is 1110.